The van der Waals surface area contributed by atoms with Crippen molar-refractivity contribution in [1.29, 1.82) is 0 Å². The summed E-state index contributed by atoms with van der Waals surface area (Å²) in [7, 11) is 0. The van der Waals surface area contributed by atoms with E-state index in [0.717, 1.165) is 16.0 Å². The van der Waals surface area contributed by atoms with Crippen molar-refractivity contribution in [3.05, 3.63) is 28.6 Å². The van der Waals surface area contributed by atoms with E-state index in [4.69, 9.17) is 15.2 Å². The number of carboxylic acids is 1. The highest BCUT2D eigenvalue weighted by atomic mass is 32.1. The molecule has 0 radical (unpaired) electrons. The van der Waals surface area contributed by atoms with Crippen molar-refractivity contribution in [3.63, 3.8) is 0 Å². The summed E-state index contributed by atoms with van der Waals surface area (Å²) in [6, 6.07) is 5.63. The molecule has 110 valence electrons. The fourth-order valence-corrected chi connectivity index (χ4v) is 3.63. The van der Waals surface area contributed by atoms with Crippen molar-refractivity contribution in [2.24, 2.45) is 0 Å². The molecule has 0 saturated carbocycles. The van der Waals surface area contributed by atoms with Gasteiger partial charge in [0.15, 0.2) is 11.5 Å². The molecular weight excluding hydrogens is 290 g/mol. The monoisotopic (exact) mass is 305 g/mol. The topological polar surface area (TPSA) is 81.8 Å². The largest absolute Gasteiger partial charge is 0.486 e. The Morgan fingerprint density at radius 3 is 2.86 bits per heavy atom. The number of aromatic carboxylic acids is 1. The van der Waals surface area contributed by atoms with Crippen LogP contribution in [0.4, 0.5) is 5.69 Å². The molecule has 5 nitrogen and oxygen atoms in total. The molecule has 0 spiro atoms. The van der Waals surface area contributed by atoms with Crippen LogP contribution < -0.4 is 15.2 Å². The van der Waals surface area contributed by atoms with Gasteiger partial charge in [-0.2, -0.15) is 0 Å². The van der Waals surface area contributed by atoms with Gasteiger partial charge in [0.1, 0.15) is 18.1 Å². The average Bonchev–Trinajstić information content (AvgIpc) is 2.83. The van der Waals surface area contributed by atoms with E-state index >= 15 is 0 Å². The van der Waals surface area contributed by atoms with Gasteiger partial charge in [-0.15, -0.1) is 11.3 Å². The summed E-state index contributed by atoms with van der Waals surface area (Å²) in [5.41, 5.74) is 8.02. The van der Waals surface area contributed by atoms with Gasteiger partial charge in [-0.1, -0.05) is 13.0 Å². The smallest absolute Gasteiger partial charge is 0.348 e. The Hall–Kier alpha value is -2.21. The predicted molar refractivity (Wildman–Crippen MR) is 81.5 cm³/mol. The standard InChI is InChI=1S/C15H15NO4S/c1-2-8-11(16)14(15(17)18)21-13(8)9-4-3-5-10-12(9)20-7-6-19-10/h3-5H,2,6-7,16H2,1H3,(H,17,18). The Labute approximate surface area is 125 Å². The van der Waals surface area contributed by atoms with Gasteiger partial charge in [-0.05, 0) is 24.1 Å². The Morgan fingerprint density at radius 1 is 1.38 bits per heavy atom. The number of fused-ring (bicyclic) bond motifs is 1. The zero-order valence-corrected chi connectivity index (χ0v) is 12.3. The van der Waals surface area contributed by atoms with Crippen LogP contribution in [0.5, 0.6) is 11.5 Å². The molecule has 0 amide bonds. The summed E-state index contributed by atoms with van der Waals surface area (Å²) in [6.07, 6.45) is 0.662. The van der Waals surface area contributed by atoms with Gasteiger partial charge >= 0.3 is 5.97 Å². The molecule has 1 aliphatic rings. The lowest BCUT2D eigenvalue weighted by Gasteiger charge is -2.21. The highest BCUT2D eigenvalue weighted by Gasteiger charge is 2.24. The van der Waals surface area contributed by atoms with Crippen LogP contribution in [0.3, 0.4) is 0 Å². The van der Waals surface area contributed by atoms with Gasteiger partial charge in [0.2, 0.25) is 0 Å². The van der Waals surface area contributed by atoms with Gasteiger partial charge in [0.25, 0.3) is 0 Å². The van der Waals surface area contributed by atoms with E-state index in [1.807, 2.05) is 25.1 Å². The van der Waals surface area contributed by atoms with E-state index < -0.39 is 5.97 Å². The second kappa shape index (κ2) is 5.29. The summed E-state index contributed by atoms with van der Waals surface area (Å²) < 4.78 is 11.3. The maximum absolute atomic E-state index is 11.3. The molecule has 21 heavy (non-hydrogen) atoms. The minimum atomic E-state index is -1.000. The molecule has 0 atom stereocenters. The first-order chi connectivity index (χ1) is 10.1. The first kappa shape index (κ1) is 13.8. The fraction of sp³-hybridized carbons (Fsp3) is 0.267. The van der Waals surface area contributed by atoms with Crippen molar-refractivity contribution in [1.82, 2.24) is 0 Å². The number of nitrogen functional groups attached to an aromatic ring is 1. The highest BCUT2D eigenvalue weighted by molar-refractivity contribution is 7.18. The van der Waals surface area contributed by atoms with E-state index in [-0.39, 0.29) is 4.88 Å². The molecule has 0 unspecified atom stereocenters. The zero-order chi connectivity index (χ0) is 15.0. The third-order valence-corrected chi connectivity index (χ3v) is 4.68. The zero-order valence-electron chi connectivity index (χ0n) is 11.5. The molecular formula is C15H15NO4S. The summed E-state index contributed by atoms with van der Waals surface area (Å²) in [4.78, 5) is 12.3. The number of rotatable bonds is 3. The van der Waals surface area contributed by atoms with Crippen LogP contribution in [0, 0.1) is 0 Å². The molecule has 0 bridgehead atoms. The molecule has 1 aromatic carbocycles. The van der Waals surface area contributed by atoms with Gasteiger partial charge in [-0.3, -0.25) is 0 Å². The Balaban J connectivity index is 2.21. The maximum Gasteiger partial charge on any atom is 0.348 e. The van der Waals surface area contributed by atoms with Crippen molar-refractivity contribution in [2.75, 3.05) is 18.9 Å². The number of hydrogen-bond acceptors (Lipinski definition) is 5. The normalized spacial score (nSPS) is 13.2. The lowest BCUT2D eigenvalue weighted by molar-refractivity contribution is 0.0703. The van der Waals surface area contributed by atoms with Crippen molar-refractivity contribution in [3.8, 4) is 21.9 Å². The van der Waals surface area contributed by atoms with Gasteiger partial charge in [-0.25, -0.2) is 4.79 Å². The number of thiophene rings is 1. The van der Waals surface area contributed by atoms with E-state index in [1.54, 1.807) is 0 Å². The van der Waals surface area contributed by atoms with Gasteiger partial charge in [0, 0.05) is 10.4 Å². The number of nitrogens with two attached hydrogens (primary N) is 1. The summed E-state index contributed by atoms with van der Waals surface area (Å²) in [5.74, 6) is 0.349. The molecule has 0 aliphatic carbocycles. The number of benzene rings is 1. The first-order valence-electron chi connectivity index (χ1n) is 6.66. The third-order valence-electron chi connectivity index (χ3n) is 3.41. The van der Waals surface area contributed by atoms with Crippen LogP contribution in [-0.2, 0) is 6.42 Å². The van der Waals surface area contributed by atoms with Crippen molar-refractivity contribution < 1.29 is 19.4 Å². The van der Waals surface area contributed by atoms with E-state index in [1.165, 1.54) is 11.3 Å². The number of carboxylic acid groups (broad SMARTS) is 1. The van der Waals surface area contributed by atoms with Crippen LogP contribution in [0.25, 0.3) is 10.4 Å². The Kier molecular flexibility index (Phi) is 3.47. The molecule has 1 aromatic heterocycles. The first-order valence-corrected chi connectivity index (χ1v) is 7.48. The highest BCUT2D eigenvalue weighted by Crippen LogP contribution is 2.46. The predicted octanol–water partition coefficient (Wildman–Crippen LogP) is 3.03. The number of carbonyl (C=O) groups is 1. The summed E-state index contributed by atoms with van der Waals surface area (Å²) >= 11 is 1.18. The summed E-state index contributed by atoms with van der Waals surface area (Å²) in [5, 5.41) is 9.26. The molecule has 1 aliphatic heterocycles. The minimum Gasteiger partial charge on any atom is -0.486 e. The number of ether oxygens (including phenoxy) is 2. The Morgan fingerprint density at radius 2 is 2.14 bits per heavy atom. The second-order valence-electron chi connectivity index (χ2n) is 4.64. The maximum atomic E-state index is 11.3. The number of hydrogen-bond donors (Lipinski definition) is 2. The van der Waals surface area contributed by atoms with Crippen LogP contribution >= 0.6 is 11.3 Å². The second-order valence-corrected chi connectivity index (χ2v) is 5.66. The van der Waals surface area contributed by atoms with Gasteiger partial charge in [0.05, 0.1) is 5.69 Å². The molecule has 2 heterocycles. The lowest BCUT2D eigenvalue weighted by Crippen LogP contribution is -2.15. The molecule has 2 aromatic rings. The van der Waals surface area contributed by atoms with E-state index in [2.05, 4.69) is 0 Å². The third kappa shape index (κ3) is 2.21. The van der Waals surface area contributed by atoms with Crippen molar-refractivity contribution >= 4 is 23.0 Å². The van der Waals surface area contributed by atoms with E-state index in [9.17, 15) is 9.90 Å². The van der Waals surface area contributed by atoms with Crippen LogP contribution in [-0.4, -0.2) is 24.3 Å². The number of para-hydroxylation sites is 1. The van der Waals surface area contributed by atoms with Gasteiger partial charge < -0.3 is 20.3 Å². The number of anilines is 1. The Bertz CT molecular complexity index is 708. The molecule has 0 saturated heterocycles. The molecule has 3 rings (SSSR count). The van der Waals surface area contributed by atoms with Crippen LogP contribution in [0.2, 0.25) is 0 Å². The van der Waals surface area contributed by atoms with Crippen molar-refractivity contribution in [2.45, 2.75) is 13.3 Å². The SMILES string of the molecule is CCc1c(-c2cccc3c2OCCO3)sc(C(=O)O)c1N. The molecule has 0 fully saturated rings. The van der Waals surface area contributed by atoms with Crippen LogP contribution in [0.15, 0.2) is 18.2 Å². The minimum absolute atomic E-state index is 0.177. The lowest BCUT2D eigenvalue weighted by atomic mass is 10.0. The summed E-state index contributed by atoms with van der Waals surface area (Å²) in [6.45, 7) is 2.96. The molecule has 6 heteroatoms. The molecule has 3 N–H and O–H groups in total. The quantitative estimate of drug-likeness (QED) is 0.911. The average molecular weight is 305 g/mol. The van der Waals surface area contributed by atoms with E-state index in [0.29, 0.717) is 36.8 Å². The fourth-order valence-electron chi connectivity index (χ4n) is 2.46. The van der Waals surface area contributed by atoms with Crippen LogP contribution in [0.1, 0.15) is 22.2 Å².